The number of carbonyl (C=O) groups is 2. The Morgan fingerprint density at radius 1 is 0.878 bits per heavy atom. The molecule has 2 amide bonds. The normalized spacial score (nSPS) is 16.1. The molecule has 1 fully saturated rings. The van der Waals surface area contributed by atoms with Gasteiger partial charge in [0.2, 0.25) is 5.91 Å². The highest BCUT2D eigenvalue weighted by atomic mass is 31.2. The molecule has 6 rings (SSSR count). The van der Waals surface area contributed by atoms with Crippen LogP contribution < -0.4 is 5.32 Å². The van der Waals surface area contributed by atoms with Gasteiger partial charge in [0, 0.05) is 31.4 Å². The molecule has 1 aliphatic heterocycles. The average Bonchev–Trinajstić information content (AvgIpc) is 3.47. The Balaban J connectivity index is 1.37. The number of anilines is 1. The lowest BCUT2D eigenvalue weighted by atomic mass is 10.00. The van der Waals surface area contributed by atoms with Crippen LogP contribution in [0, 0.1) is 0 Å². The molecule has 1 saturated heterocycles. The van der Waals surface area contributed by atoms with Crippen molar-refractivity contribution in [3.63, 3.8) is 0 Å². The molecule has 0 saturated carbocycles. The van der Waals surface area contributed by atoms with Crippen LogP contribution in [0.25, 0.3) is 21.5 Å². The van der Waals surface area contributed by atoms with Gasteiger partial charge < -0.3 is 20.0 Å². The Hall–Kier alpha value is -4.36. The molecule has 0 aliphatic carbocycles. The van der Waals surface area contributed by atoms with E-state index in [1.165, 1.54) is 0 Å². The van der Waals surface area contributed by atoms with Crippen molar-refractivity contribution in [1.29, 1.82) is 0 Å². The Kier molecular flexibility index (Phi) is 7.14. The number of amides is 2. The van der Waals surface area contributed by atoms with Crippen LogP contribution in [0.4, 0.5) is 5.69 Å². The Labute approximate surface area is 236 Å². The maximum Gasteiger partial charge on any atom is 0.342 e. The summed E-state index contributed by atoms with van der Waals surface area (Å²) in [4.78, 5) is 54.2. The third kappa shape index (κ3) is 5.37. The van der Waals surface area contributed by atoms with Crippen molar-refractivity contribution < 1.29 is 23.9 Å². The van der Waals surface area contributed by atoms with E-state index in [9.17, 15) is 23.9 Å². The molecule has 41 heavy (non-hydrogen) atoms. The first-order valence-electron chi connectivity index (χ1n) is 13.4. The molecule has 0 bridgehead atoms. The molecule has 2 heterocycles. The van der Waals surface area contributed by atoms with Gasteiger partial charge in [0.25, 0.3) is 5.91 Å². The number of hydrogen-bond acceptors (Lipinski definition) is 4. The first-order valence-corrected chi connectivity index (χ1v) is 15.0. The van der Waals surface area contributed by atoms with Gasteiger partial charge in [0.15, 0.2) is 5.66 Å². The lowest BCUT2D eigenvalue weighted by Gasteiger charge is -2.23. The van der Waals surface area contributed by atoms with Crippen LogP contribution in [0.2, 0.25) is 0 Å². The number of rotatable bonds is 6. The van der Waals surface area contributed by atoms with E-state index in [2.05, 4.69) is 10.3 Å². The summed E-state index contributed by atoms with van der Waals surface area (Å²) in [5.74, 6) is -0.957. The molecule has 9 heteroatoms. The first-order chi connectivity index (χ1) is 19.8. The highest BCUT2D eigenvalue weighted by molar-refractivity contribution is 7.53. The number of benzene rings is 4. The summed E-state index contributed by atoms with van der Waals surface area (Å²) in [6, 6.07) is 27.0. The van der Waals surface area contributed by atoms with Crippen LogP contribution in [0.3, 0.4) is 0 Å². The zero-order valence-electron chi connectivity index (χ0n) is 22.1. The van der Waals surface area contributed by atoms with Crippen molar-refractivity contribution in [2.75, 3.05) is 18.4 Å². The number of pyridine rings is 1. The van der Waals surface area contributed by atoms with Crippen LogP contribution in [0.15, 0.2) is 103 Å². The average molecular weight is 566 g/mol. The first kappa shape index (κ1) is 26.8. The van der Waals surface area contributed by atoms with E-state index in [-0.39, 0.29) is 28.6 Å². The van der Waals surface area contributed by atoms with E-state index in [4.69, 9.17) is 0 Å². The molecular weight excluding hydrogens is 537 g/mol. The van der Waals surface area contributed by atoms with E-state index in [0.717, 1.165) is 28.1 Å². The van der Waals surface area contributed by atoms with Crippen LogP contribution in [0.1, 0.15) is 39.5 Å². The van der Waals surface area contributed by atoms with Crippen molar-refractivity contribution >= 4 is 46.6 Å². The standard InChI is InChI=1S/C32H28N3O5P/c36-31(30(41(38,39)40)27-11-5-9-22-6-3-4-10-26(22)27)34-29-19-24-8-2-1-7-23(24)18-28(29)32(37)35-17-14-25(20-35)21-12-15-33-16-13-21/h1-13,15-16,18-19,25,30H,14,17,20H2,(H,34,36)(H2,38,39,40). The van der Waals surface area contributed by atoms with Crippen LogP contribution in [-0.2, 0) is 9.36 Å². The van der Waals surface area contributed by atoms with Crippen molar-refractivity contribution in [3.05, 3.63) is 120 Å². The number of nitrogens with one attached hydrogen (secondary N) is 1. The van der Waals surface area contributed by atoms with Gasteiger partial charge in [0.05, 0.1) is 11.3 Å². The predicted octanol–water partition coefficient (Wildman–Crippen LogP) is 5.88. The molecule has 206 valence electrons. The lowest BCUT2D eigenvalue weighted by molar-refractivity contribution is -0.116. The highest BCUT2D eigenvalue weighted by Crippen LogP contribution is 2.53. The largest absolute Gasteiger partial charge is 0.342 e. The fourth-order valence-corrected chi connectivity index (χ4v) is 6.67. The van der Waals surface area contributed by atoms with E-state index >= 15 is 0 Å². The van der Waals surface area contributed by atoms with Gasteiger partial charge in [-0.1, -0.05) is 66.7 Å². The number of likely N-dealkylation sites (tertiary alicyclic amines) is 1. The van der Waals surface area contributed by atoms with Gasteiger partial charge in [-0.2, -0.15) is 0 Å². The maximum absolute atomic E-state index is 13.9. The summed E-state index contributed by atoms with van der Waals surface area (Å²) in [5, 5.41) is 5.67. The third-order valence-electron chi connectivity index (χ3n) is 7.73. The van der Waals surface area contributed by atoms with Gasteiger partial charge in [-0.05, 0) is 63.4 Å². The molecule has 8 nitrogen and oxygen atoms in total. The number of nitrogens with zero attached hydrogens (tertiary/aromatic N) is 2. The number of carbonyl (C=O) groups excluding carboxylic acids is 2. The van der Waals surface area contributed by atoms with Crippen molar-refractivity contribution in [2.45, 2.75) is 18.0 Å². The summed E-state index contributed by atoms with van der Waals surface area (Å²) in [5.41, 5.74) is 0.0645. The van der Waals surface area contributed by atoms with E-state index < -0.39 is 19.2 Å². The van der Waals surface area contributed by atoms with Crippen LogP contribution >= 0.6 is 7.60 Å². The number of fused-ring (bicyclic) bond motifs is 2. The molecule has 2 unspecified atom stereocenters. The zero-order chi connectivity index (χ0) is 28.6. The van der Waals surface area contributed by atoms with Gasteiger partial charge in [0.1, 0.15) is 0 Å². The monoisotopic (exact) mass is 565 g/mol. The fraction of sp³-hybridized carbons (Fsp3) is 0.156. The second-order valence-electron chi connectivity index (χ2n) is 10.3. The van der Waals surface area contributed by atoms with Gasteiger partial charge in [-0.15, -0.1) is 0 Å². The number of aromatic nitrogens is 1. The van der Waals surface area contributed by atoms with E-state index in [0.29, 0.717) is 18.5 Å². The number of hydrogen-bond donors (Lipinski definition) is 3. The molecule has 3 N–H and O–H groups in total. The van der Waals surface area contributed by atoms with Gasteiger partial charge in [-0.3, -0.25) is 19.1 Å². The predicted molar refractivity (Wildman–Crippen MR) is 159 cm³/mol. The molecule has 4 aromatic carbocycles. The summed E-state index contributed by atoms with van der Waals surface area (Å²) in [7, 11) is -4.96. The minimum Gasteiger partial charge on any atom is -0.338 e. The van der Waals surface area contributed by atoms with Crippen LogP contribution in [-0.4, -0.2) is 44.6 Å². The van der Waals surface area contributed by atoms with Gasteiger partial charge in [-0.25, -0.2) is 0 Å². The molecule has 2 atom stereocenters. The van der Waals surface area contributed by atoms with Crippen LogP contribution in [0.5, 0.6) is 0 Å². The molecule has 5 aromatic rings. The Bertz CT molecular complexity index is 1820. The van der Waals surface area contributed by atoms with E-state index in [1.807, 2.05) is 54.6 Å². The molecule has 1 aromatic heterocycles. The summed E-state index contributed by atoms with van der Waals surface area (Å²) < 4.78 is 12.8. The molecule has 1 aliphatic rings. The molecular formula is C32H28N3O5P. The topological polar surface area (TPSA) is 120 Å². The molecule has 0 spiro atoms. The summed E-state index contributed by atoms with van der Waals surface area (Å²) in [6.07, 6.45) is 4.28. The summed E-state index contributed by atoms with van der Waals surface area (Å²) >= 11 is 0. The Morgan fingerprint density at radius 3 is 2.27 bits per heavy atom. The van der Waals surface area contributed by atoms with E-state index in [1.54, 1.807) is 53.7 Å². The minimum atomic E-state index is -4.96. The smallest absolute Gasteiger partial charge is 0.338 e. The lowest BCUT2D eigenvalue weighted by Crippen LogP contribution is -2.30. The zero-order valence-corrected chi connectivity index (χ0v) is 22.9. The minimum absolute atomic E-state index is 0.172. The fourth-order valence-electron chi connectivity index (χ4n) is 5.71. The van der Waals surface area contributed by atoms with Gasteiger partial charge >= 0.3 is 7.60 Å². The second kappa shape index (κ2) is 10.9. The summed E-state index contributed by atoms with van der Waals surface area (Å²) in [6.45, 7) is 1.07. The highest BCUT2D eigenvalue weighted by Gasteiger charge is 2.39. The quantitative estimate of drug-likeness (QED) is 0.221. The van der Waals surface area contributed by atoms with Crippen molar-refractivity contribution in [2.24, 2.45) is 0 Å². The molecule has 0 radical (unpaired) electrons. The SMILES string of the molecule is O=C(Nc1cc2ccccc2cc1C(=O)N1CCC(c2ccncc2)C1)C(c1cccc2ccccc12)P(=O)(O)O. The van der Waals surface area contributed by atoms with Crippen molar-refractivity contribution in [3.8, 4) is 0 Å². The second-order valence-corrected chi connectivity index (χ2v) is 12.0. The Morgan fingerprint density at radius 2 is 1.54 bits per heavy atom. The van der Waals surface area contributed by atoms with Crippen molar-refractivity contribution in [1.82, 2.24) is 9.88 Å². The third-order valence-corrected chi connectivity index (χ3v) is 8.92. The maximum atomic E-state index is 13.9.